The van der Waals surface area contributed by atoms with Gasteiger partial charge in [-0.05, 0) is 34.2 Å². The first-order valence-corrected chi connectivity index (χ1v) is 6.58. The molecule has 14 heavy (non-hydrogen) atoms. The second-order valence-electron chi connectivity index (χ2n) is 3.56. The number of hydrogen-bond acceptors (Lipinski definition) is 1. The predicted molar refractivity (Wildman–Crippen MR) is 70.5 cm³/mol. The van der Waals surface area contributed by atoms with Crippen molar-refractivity contribution in [3.63, 3.8) is 0 Å². The molecule has 1 saturated heterocycles. The van der Waals surface area contributed by atoms with Crippen LogP contribution in [0.15, 0.2) is 48.6 Å². The Balaban J connectivity index is 2.09. The van der Waals surface area contributed by atoms with E-state index in [1.165, 1.54) is 9.13 Å². The molecule has 2 heteroatoms. The number of rotatable bonds is 1. The van der Waals surface area contributed by atoms with E-state index in [0.717, 1.165) is 0 Å². The second-order valence-corrected chi connectivity index (χ2v) is 6.14. The highest BCUT2D eigenvalue weighted by Crippen LogP contribution is 2.64. The molecule has 0 spiro atoms. The zero-order chi connectivity index (χ0) is 9.60. The van der Waals surface area contributed by atoms with Crippen molar-refractivity contribution in [1.29, 1.82) is 0 Å². The lowest BCUT2D eigenvalue weighted by atomic mass is 9.93. The third-order valence-electron chi connectivity index (χ3n) is 2.72. The molecule has 3 rings (SSSR count). The van der Waals surface area contributed by atoms with Gasteiger partial charge in [0, 0.05) is 8.82 Å². The minimum Gasteiger partial charge on any atom is -0.135 e. The lowest BCUT2D eigenvalue weighted by Gasteiger charge is -2.13. The molecular weight excluding hydrogens is 303 g/mol. The molecule has 1 aliphatic heterocycles. The molecule has 0 radical (unpaired) electrons. The fourth-order valence-corrected chi connectivity index (χ4v) is 4.22. The summed E-state index contributed by atoms with van der Waals surface area (Å²) >= 11 is 4.46. The summed E-state index contributed by atoms with van der Waals surface area (Å²) in [6, 6.07) is 8.67. The SMILES string of the molecule is Ic1ccccc1C12C=CC=CC1S2. The van der Waals surface area contributed by atoms with E-state index < -0.39 is 0 Å². The Morgan fingerprint density at radius 2 is 2.07 bits per heavy atom. The van der Waals surface area contributed by atoms with Gasteiger partial charge in [0.1, 0.15) is 0 Å². The molecule has 2 aliphatic rings. The maximum absolute atomic E-state index is 2.43. The monoisotopic (exact) mass is 312 g/mol. The molecule has 70 valence electrons. The van der Waals surface area contributed by atoms with E-state index in [1.54, 1.807) is 0 Å². The molecule has 1 aromatic rings. The fourth-order valence-electron chi connectivity index (χ4n) is 1.94. The third kappa shape index (κ3) is 1.20. The van der Waals surface area contributed by atoms with Crippen LogP contribution >= 0.6 is 34.4 Å². The Bertz CT molecular complexity index is 436. The zero-order valence-corrected chi connectivity index (χ0v) is 10.5. The molecule has 0 saturated carbocycles. The lowest BCUT2D eigenvalue weighted by Crippen LogP contribution is -2.11. The maximum Gasteiger partial charge on any atom is 0.0761 e. The summed E-state index contributed by atoms with van der Waals surface area (Å²) in [5.41, 5.74) is 1.47. The minimum absolute atomic E-state index is 0.270. The summed E-state index contributed by atoms with van der Waals surface area (Å²) in [6.07, 6.45) is 8.95. The molecule has 1 aromatic carbocycles. The van der Waals surface area contributed by atoms with Gasteiger partial charge in [0.25, 0.3) is 0 Å². The van der Waals surface area contributed by atoms with Crippen molar-refractivity contribution in [2.24, 2.45) is 0 Å². The highest BCUT2D eigenvalue weighted by Gasteiger charge is 2.54. The summed E-state index contributed by atoms with van der Waals surface area (Å²) < 4.78 is 1.65. The average Bonchev–Trinajstić information content (AvgIpc) is 2.93. The van der Waals surface area contributed by atoms with Crippen molar-refractivity contribution >= 4 is 34.4 Å². The molecular formula is C12H9IS. The predicted octanol–water partition coefficient (Wildman–Crippen LogP) is 3.73. The summed E-state index contributed by atoms with van der Waals surface area (Å²) in [5, 5.41) is 0.670. The van der Waals surface area contributed by atoms with Crippen LogP contribution in [0.2, 0.25) is 0 Å². The molecule has 0 aromatic heterocycles. The van der Waals surface area contributed by atoms with Gasteiger partial charge < -0.3 is 0 Å². The van der Waals surface area contributed by atoms with Crippen molar-refractivity contribution in [3.05, 3.63) is 57.7 Å². The summed E-state index contributed by atoms with van der Waals surface area (Å²) in [5.74, 6) is 0. The van der Waals surface area contributed by atoms with Gasteiger partial charge in [-0.15, -0.1) is 11.8 Å². The molecule has 1 aliphatic carbocycles. The molecule has 0 amide bonds. The van der Waals surface area contributed by atoms with Gasteiger partial charge >= 0.3 is 0 Å². The number of hydrogen-bond donors (Lipinski definition) is 0. The Labute approximate surface area is 102 Å². The van der Waals surface area contributed by atoms with E-state index in [0.29, 0.717) is 5.25 Å². The average molecular weight is 312 g/mol. The summed E-state index contributed by atoms with van der Waals surface area (Å²) in [6.45, 7) is 0. The number of benzene rings is 1. The van der Waals surface area contributed by atoms with E-state index >= 15 is 0 Å². The Morgan fingerprint density at radius 1 is 1.21 bits per heavy atom. The third-order valence-corrected chi connectivity index (χ3v) is 5.19. The van der Waals surface area contributed by atoms with E-state index in [2.05, 4.69) is 71.2 Å². The molecule has 1 fully saturated rings. The van der Waals surface area contributed by atoms with Crippen LogP contribution in [-0.2, 0) is 4.75 Å². The van der Waals surface area contributed by atoms with Gasteiger partial charge in [-0.2, -0.15) is 0 Å². The first-order valence-electron chi connectivity index (χ1n) is 4.62. The van der Waals surface area contributed by atoms with Gasteiger partial charge in [0.15, 0.2) is 0 Å². The highest BCUT2D eigenvalue weighted by molar-refractivity contribution is 14.1. The van der Waals surface area contributed by atoms with Crippen LogP contribution in [0, 0.1) is 3.57 Å². The minimum atomic E-state index is 0.270. The van der Waals surface area contributed by atoms with Crippen LogP contribution in [0.3, 0.4) is 0 Å². The maximum atomic E-state index is 2.43. The van der Waals surface area contributed by atoms with Crippen molar-refractivity contribution in [2.45, 2.75) is 10.00 Å². The lowest BCUT2D eigenvalue weighted by molar-refractivity contribution is 0.898. The molecule has 0 N–H and O–H groups in total. The molecule has 1 heterocycles. The van der Waals surface area contributed by atoms with Crippen LogP contribution in [0.1, 0.15) is 5.56 Å². The smallest absolute Gasteiger partial charge is 0.0761 e. The summed E-state index contributed by atoms with van der Waals surface area (Å²) in [7, 11) is 0. The molecule has 2 atom stereocenters. The van der Waals surface area contributed by atoms with Crippen LogP contribution < -0.4 is 0 Å². The van der Waals surface area contributed by atoms with Crippen molar-refractivity contribution < 1.29 is 0 Å². The Morgan fingerprint density at radius 3 is 2.86 bits per heavy atom. The van der Waals surface area contributed by atoms with Crippen molar-refractivity contribution in [1.82, 2.24) is 0 Å². The number of thioether (sulfide) groups is 1. The quantitative estimate of drug-likeness (QED) is 0.562. The van der Waals surface area contributed by atoms with E-state index in [4.69, 9.17) is 0 Å². The van der Waals surface area contributed by atoms with Gasteiger partial charge in [0.05, 0.1) is 4.75 Å². The fraction of sp³-hybridized carbons (Fsp3) is 0.167. The summed E-state index contributed by atoms with van der Waals surface area (Å²) in [4.78, 5) is 0. The standard InChI is InChI=1S/C12H9IS/c13-10-6-2-1-5-9(10)12-8-4-3-7-11(12)14-12/h1-8,11H. The van der Waals surface area contributed by atoms with Crippen LogP contribution in [0.25, 0.3) is 0 Å². The second kappa shape index (κ2) is 3.14. The van der Waals surface area contributed by atoms with Crippen molar-refractivity contribution in [2.75, 3.05) is 0 Å². The highest BCUT2D eigenvalue weighted by atomic mass is 127. The zero-order valence-electron chi connectivity index (χ0n) is 7.48. The molecule has 0 nitrogen and oxygen atoms in total. The van der Waals surface area contributed by atoms with Crippen LogP contribution in [0.5, 0.6) is 0 Å². The first kappa shape index (κ1) is 9.04. The van der Waals surface area contributed by atoms with Gasteiger partial charge in [-0.3, -0.25) is 0 Å². The first-order chi connectivity index (χ1) is 6.83. The van der Waals surface area contributed by atoms with Gasteiger partial charge in [0.2, 0.25) is 0 Å². The number of halogens is 1. The van der Waals surface area contributed by atoms with Crippen LogP contribution in [0.4, 0.5) is 0 Å². The Hall–Kier alpha value is -0.220. The van der Waals surface area contributed by atoms with Crippen molar-refractivity contribution in [3.8, 4) is 0 Å². The molecule has 0 bridgehead atoms. The Kier molecular flexibility index (Phi) is 2.02. The number of allylic oxidation sites excluding steroid dienone is 2. The van der Waals surface area contributed by atoms with Crippen LogP contribution in [-0.4, -0.2) is 5.25 Å². The normalized spacial score (nSPS) is 32.8. The van der Waals surface area contributed by atoms with Gasteiger partial charge in [-0.1, -0.05) is 42.5 Å². The van der Waals surface area contributed by atoms with Gasteiger partial charge in [-0.25, -0.2) is 0 Å². The van der Waals surface area contributed by atoms with E-state index in [1.807, 2.05) is 11.8 Å². The van der Waals surface area contributed by atoms with E-state index in [9.17, 15) is 0 Å². The number of fused-ring (bicyclic) bond motifs is 1. The van der Waals surface area contributed by atoms with E-state index in [-0.39, 0.29) is 4.75 Å². The largest absolute Gasteiger partial charge is 0.135 e. The topological polar surface area (TPSA) is 0 Å². The molecule has 2 unspecified atom stereocenters.